The molecule has 0 radical (unpaired) electrons. The first kappa shape index (κ1) is 13.9. The van der Waals surface area contributed by atoms with Crippen molar-refractivity contribution in [2.45, 2.75) is 39.5 Å². The molecule has 13 heavy (non-hydrogen) atoms. The van der Waals surface area contributed by atoms with Crippen LogP contribution in [0.15, 0.2) is 0 Å². The van der Waals surface area contributed by atoms with Gasteiger partial charge in [0, 0.05) is 5.92 Å². The molecule has 0 heterocycles. The van der Waals surface area contributed by atoms with Crippen LogP contribution in [0.5, 0.6) is 0 Å². The molecular weight excluding hydrogens is 223 g/mol. The predicted molar refractivity (Wildman–Crippen MR) is 63.7 cm³/mol. The Morgan fingerprint density at radius 1 is 1.54 bits per heavy atom. The molecule has 0 aromatic heterocycles. The lowest BCUT2D eigenvalue weighted by Gasteiger charge is -2.08. The average molecular weight is 242 g/mol. The minimum atomic E-state index is -3.15. The highest BCUT2D eigenvalue weighted by Gasteiger charge is 2.13. The lowest BCUT2D eigenvalue weighted by atomic mass is 10.0. The van der Waals surface area contributed by atoms with E-state index >= 15 is 0 Å². The predicted octanol–water partition coefficient (Wildman–Crippen LogP) is 2.25. The van der Waals surface area contributed by atoms with Crippen LogP contribution in [-0.4, -0.2) is 10.6 Å². The SMILES string of the molecule is CCCCC(CC)C[S+]=P([O-])(O)S. The van der Waals surface area contributed by atoms with Gasteiger partial charge in [-0.3, -0.25) is 0 Å². The van der Waals surface area contributed by atoms with Gasteiger partial charge in [0.1, 0.15) is 0 Å². The van der Waals surface area contributed by atoms with Crippen molar-refractivity contribution in [3.05, 3.63) is 0 Å². The van der Waals surface area contributed by atoms with Crippen molar-refractivity contribution >= 4 is 28.9 Å². The normalized spacial score (nSPS) is 17.9. The van der Waals surface area contributed by atoms with Crippen LogP contribution in [0.4, 0.5) is 0 Å². The molecule has 2 atom stereocenters. The minimum Gasteiger partial charge on any atom is -0.757 e. The summed E-state index contributed by atoms with van der Waals surface area (Å²) in [6.45, 7) is 4.29. The molecule has 0 saturated carbocycles. The summed E-state index contributed by atoms with van der Waals surface area (Å²) in [6.07, 6.45) is 4.65. The van der Waals surface area contributed by atoms with E-state index in [2.05, 4.69) is 26.1 Å². The molecule has 1 N–H and O–H groups in total. The molecule has 0 aliphatic rings. The Morgan fingerprint density at radius 2 is 2.15 bits per heavy atom. The zero-order chi connectivity index (χ0) is 10.3. The second-order valence-corrected chi connectivity index (χ2v) is 9.47. The zero-order valence-electron chi connectivity index (χ0n) is 8.27. The summed E-state index contributed by atoms with van der Waals surface area (Å²) in [5.41, 5.74) is -3.15. The molecule has 2 unspecified atom stereocenters. The van der Waals surface area contributed by atoms with E-state index in [4.69, 9.17) is 4.89 Å². The summed E-state index contributed by atoms with van der Waals surface area (Å²) in [5.74, 6) is 1.32. The van der Waals surface area contributed by atoms with Crippen molar-refractivity contribution in [1.82, 2.24) is 0 Å². The van der Waals surface area contributed by atoms with Crippen molar-refractivity contribution in [3.8, 4) is 0 Å². The number of thiol groups is 1. The molecule has 0 rings (SSSR count). The summed E-state index contributed by atoms with van der Waals surface area (Å²) in [4.78, 5) is 19.9. The fraction of sp³-hybridized carbons (Fsp3) is 1.00. The van der Waals surface area contributed by atoms with Gasteiger partial charge in [0.2, 0.25) is 5.69 Å². The Balaban J connectivity index is 3.85. The fourth-order valence-electron chi connectivity index (χ4n) is 1.10. The second-order valence-electron chi connectivity index (χ2n) is 3.20. The first-order chi connectivity index (χ1) is 5.99. The van der Waals surface area contributed by atoms with Crippen LogP contribution in [-0.2, 0) is 10.9 Å². The van der Waals surface area contributed by atoms with Crippen molar-refractivity contribution < 1.29 is 9.79 Å². The van der Waals surface area contributed by atoms with Gasteiger partial charge < -0.3 is 9.79 Å². The molecule has 0 saturated heterocycles. The Kier molecular flexibility index (Phi) is 7.76. The Morgan fingerprint density at radius 3 is 2.54 bits per heavy atom. The van der Waals surface area contributed by atoms with Crippen molar-refractivity contribution in [1.29, 1.82) is 0 Å². The fourth-order valence-corrected chi connectivity index (χ4v) is 3.72. The third-order valence-corrected chi connectivity index (χ3v) is 5.47. The van der Waals surface area contributed by atoms with E-state index in [0.717, 1.165) is 29.5 Å². The third kappa shape index (κ3) is 9.23. The number of hydrogen-bond acceptors (Lipinski definition) is 1. The van der Waals surface area contributed by atoms with Crippen LogP contribution >= 0.6 is 17.9 Å². The standard InChI is InChI=1S/C8H19O2PS2/c1-3-5-6-8(4-2)7-13-11(9,10)12/h8H,3-7H2,1-2H3,(H2-,9,10,12). The molecule has 80 valence electrons. The van der Waals surface area contributed by atoms with Crippen LogP contribution in [0.1, 0.15) is 39.5 Å². The van der Waals surface area contributed by atoms with E-state index in [9.17, 15) is 4.89 Å². The van der Waals surface area contributed by atoms with E-state index in [-0.39, 0.29) is 0 Å². The van der Waals surface area contributed by atoms with Gasteiger partial charge in [0.05, 0.1) is 0 Å². The zero-order valence-corrected chi connectivity index (χ0v) is 10.9. The van der Waals surface area contributed by atoms with Crippen LogP contribution in [0.3, 0.4) is 0 Å². The monoisotopic (exact) mass is 242 g/mol. The van der Waals surface area contributed by atoms with E-state index < -0.39 is 5.69 Å². The molecule has 0 aromatic rings. The van der Waals surface area contributed by atoms with Gasteiger partial charge in [-0.05, 0) is 12.8 Å². The van der Waals surface area contributed by atoms with Gasteiger partial charge in [0.15, 0.2) is 16.7 Å². The maximum absolute atomic E-state index is 10.9. The second kappa shape index (κ2) is 7.24. The lowest BCUT2D eigenvalue weighted by Crippen LogP contribution is -2.06. The van der Waals surface area contributed by atoms with Crippen molar-refractivity contribution in [2.24, 2.45) is 5.92 Å². The largest absolute Gasteiger partial charge is 0.757 e. The average Bonchev–Trinajstić information content (AvgIpc) is 2.03. The van der Waals surface area contributed by atoms with E-state index in [1.54, 1.807) is 0 Å². The van der Waals surface area contributed by atoms with Gasteiger partial charge in [-0.1, -0.05) is 38.9 Å². The van der Waals surface area contributed by atoms with Gasteiger partial charge in [-0.15, -0.1) is 0 Å². The highest BCUT2D eigenvalue weighted by atomic mass is 32.9. The maximum Gasteiger partial charge on any atom is 0.235 e. The number of unbranched alkanes of at least 4 members (excludes halogenated alkanes) is 1. The molecule has 0 aliphatic heterocycles. The molecule has 2 nitrogen and oxygen atoms in total. The van der Waals surface area contributed by atoms with Gasteiger partial charge in [-0.25, -0.2) is 0 Å². The molecule has 5 heteroatoms. The summed E-state index contributed by atoms with van der Waals surface area (Å²) in [6, 6.07) is 0. The number of hydrogen-bond donors (Lipinski definition) is 2. The molecule has 0 aliphatic carbocycles. The Bertz CT molecular complexity index is 171. The first-order valence-electron chi connectivity index (χ1n) is 4.69. The highest BCUT2D eigenvalue weighted by molar-refractivity contribution is 8.61. The van der Waals surface area contributed by atoms with Gasteiger partial charge in [-0.2, -0.15) is 0 Å². The lowest BCUT2D eigenvalue weighted by molar-refractivity contribution is -0.170. The van der Waals surface area contributed by atoms with E-state index in [0.29, 0.717) is 5.92 Å². The Labute approximate surface area is 90.0 Å². The van der Waals surface area contributed by atoms with Crippen LogP contribution in [0, 0.1) is 5.92 Å². The maximum atomic E-state index is 10.9. The third-order valence-electron chi connectivity index (χ3n) is 2.02. The first-order valence-corrected chi connectivity index (χ1v) is 9.10. The summed E-state index contributed by atoms with van der Waals surface area (Å²) in [5, 5.41) is 0. The summed E-state index contributed by atoms with van der Waals surface area (Å²) in [7, 11) is 1.09. The van der Waals surface area contributed by atoms with E-state index in [1.165, 1.54) is 12.8 Å². The Hall–Kier alpha value is 0.920. The van der Waals surface area contributed by atoms with E-state index in [1.807, 2.05) is 0 Å². The molecule has 0 aromatic carbocycles. The summed E-state index contributed by atoms with van der Waals surface area (Å²) < 4.78 is 0. The van der Waals surface area contributed by atoms with Crippen molar-refractivity contribution in [2.75, 3.05) is 5.75 Å². The minimum absolute atomic E-state index is 0.567. The summed E-state index contributed by atoms with van der Waals surface area (Å²) >= 11 is 3.63. The smallest absolute Gasteiger partial charge is 0.235 e. The number of rotatable bonds is 6. The molecule has 0 amide bonds. The van der Waals surface area contributed by atoms with Crippen LogP contribution in [0.2, 0.25) is 0 Å². The highest BCUT2D eigenvalue weighted by Crippen LogP contribution is 2.38. The van der Waals surface area contributed by atoms with Crippen molar-refractivity contribution in [3.63, 3.8) is 0 Å². The topological polar surface area (TPSA) is 43.3 Å². The quantitative estimate of drug-likeness (QED) is 0.426. The molecule has 0 fully saturated rings. The van der Waals surface area contributed by atoms with Gasteiger partial charge in [0.25, 0.3) is 0 Å². The molecule has 0 spiro atoms. The van der Waals surface area contributed by atoms with Crippen LogP contribution in [0.25, 0.3) is 0 Å². The van der Waals surface area contributed by atoms with Gasteiger partial charge >= 0.3 is 0 Å². The van der Waals surface area contributed by atoms with Crippen LogP contribution < -0.4 is 4.89 Å². The molecular formula is C8H19O2PS2. The molecule has 0 bridgehead atoms.